The summed E-state index contributed by atoms with van der Waals surface area (Å²) in [5.41, 5.74) is 1.63. The van der Waals surface area contributed by atoms with Gasteiger partial charge in [0.15, 0.2) is 5.03 Å². The summed E-state index contributed by atoms with van der Waals surface area (Å²) >= 11 is 1.27. The number of thiazole rings is 1. The van der Waals surface area contributed by atoms with Gasteiger partial charge in [-0.2, -0.15) is 8.42 Å². The molecular formula is C22H28N4O4S2. The molecule has 0 unspecified atom stereocenters. The maximum Gasteiger partial charge on any atom is 0.418 e. The van der Waals surface area contributed by atoms with Crippen LogP contribution in [0.1, 0.15) is 51.0 Å². The number of hydrogen-bond donors (Lipinski definition) is 2. The number of imidazole rings is 1. The topological polar surface area (TPSA) is 114 Å². The molecule has 0 saturated carbocycles. The van der Waals surface area contributed by atoms with E-state index in [0.717, 1.165) is 11.4 Å². The monoisotopic (exact) mass is 476 g/mol. The average molecular weight is 477 g/mol. The molecule has 0 aliphatic carbocycles. The van der Waals surface area contributed by atoms with Crippen molar-refractivity contribution >= 4 is 27.5 Å². The molecule has 3 aromatic rings. The van der Waals surface area contributed by atoms with Crippen LogP contribution in [0.15, 0.2) is 41.7 Å². The van der Waals surface area contributed by atoms with Crippen LogP contribution >= 0.6 is 11.3 Å². The Balaban J connectivity index is 1.95. The van der Waals surface area contributed by atoms with E-state index in [-0.39, 0.29) is 16.4 Å². The molecule has 32 heavy (non-hydrogen) atoms. The van der Waals surface area contributed by atoms with E-state index in [0.29, 0.717) is 28.4 Å². The molecule has 0 spiro atoms. The van der Waals surface area contributed by atoms with Crippen molar-refractivity contribution in [2.24, 2.45) is 5.92 Å². The van der Waals surface area contributed by atoms with Gasteiger partial charge in [-0.25, -0.2) is 19.5 Å². The number of aromatic nitrogens is 3. The van der Waals surface area contributed by atoms with Gasteiger partial charge in [0.25, 0.3) is 10.0 Å². The van der Waals surface area contributed by atoms with Gasteiger partial charge >= 0.3 is 6.09 Å². The lowest BCUT2D eigenvalue weighted by molar-refractivity contribution is 0.201. The van der Waals surface area contributed by atoms with Crippen LogP contribution in [0.25, 0.3) is 10.4 Å². The summed E-state index contributed by atoms with van der Waals surface area (Å²) in [6, 6.07) is 7.56. The molecule has 2 aromatic heterocycles. The van der Waals surface area contributed by atoms with Crippen molar-refractivity contribution in [1.82, 2.24) is 19.3 Å². The number of carboxylic acid groups (broad SMARTS) is 1. The van der Waals surface area contributed by atoms with Gasteiger partial charge in [-0.1, -0.05) is 58.9 Å². The van der Waals surface area contributed by atoms with E-state index in [1.54, 1.807) is 10.9 Å². The van der Waals surface area contributed by atoms with Crippen molar-refractivity contribution < 1.29 is 18.3 Å². The molecule has 0 fully saturated rings. The third-order valence-corrected chi connectivity index (χ3v) is 7.16. The normalized spacial score (nSPS) is 12.3. The molecule has 2 heterocycles. The molecule has 0 aliphatic heterocycles. The third-order valence-electron chi connectivity index (χ3n) is 4.65. The van der Waals surface area contributed by atoms with Crippen LogP contribution in [0.5, 0.6) is 0 Å². The number of nitrogens with zero attached hydrogens (tertiary/aromatic N) is 3. The number of nitrogens with one attached hydrogen (secondary N) is 1. The van der Waals surface area contributed by atoms with E-state index in [4.69, 9.17) is 5.11 Å². The Kier molecular flexibility index (Phi) is 6.75. The Morgan fingerprint density at radius 2 is 1.88 bits per heavy atom. The number of amides is 1. The van der Waals surface area contributed by atoms with Crippen LogP contribution in [0.4, 0.5) is 4.79 Å². The lowest BCUT2D eigenvalue weighted by Gasteiger charge is -2.19. The fraction of sp³-hybridized carbons (Fsp3) is 0.409. The number of hydrogen-bond acceptors (Lipinski definition) is 6. The van der Waals surface area contributed by atoms with E-state index >= 15 is 0 Å². The second kappa shape index (κ2) is 9.03. The van der Waals surface area contributed by atoms with E-state index in [1.165, 1.54) is 11.3 Å². The summed E-state index contributed by atoms with van der Waals surface area (Å²) in [5.74, 6) is 1.27. The van der Waals surface area contributed by atoms with Gasteiger partial charge in [-0.15, -0.1) is 11.3 Å². The predicted octanol–water partition coefficient (Wildman–Crippen LogP) is 4.51. The van der Waals surface area contributed by atoms with E-state index in [2.05, 4.69) is 35.3 Å². The summed E-state index contributed by atoms with van der Waals surface area (Å²) in [5, 5.41) is 9.34. The third kappa shape index (κ3) is 5.55. The van der Waals surface area contributed by atoms with Crippen LogP contribution in [0, 0.1) is 5.92 Å². The molecule has 2 N–H and O–H groups in total. The van der Waals surface area contributed by atoms with Crippen LogP contribution in [0.3, 0.4) is 0 Å². The van der Waals surface area contributed by atoms with Gasteiger partial charge < -0.3 is 9.67 Å². The first-order chi connectivity index (χ1) is 14.9. The summed E-state index contributed by atoms with van der Waals surface area (Å²) < 4.78 is 28.9. The summed E-state index contributed by atoms with van der Waals surface area (Å²) in [7, 11) is -4.29. The SMILES string of the molecule is CC(C)Cc1nc(S(=O)(=O)NC(=O)O)c(-c2ccc(Cn3ccnc3C(C)(C)C)cc2)s1. The zero-order valence-electron chi connectivity index (χ0n) is 18.8. The first-order valence-corrected chi connectivity index (χ1v) is 12.5. The predicted molar refractivity (Wildman–Crippen MR) is 124 cm³/mol. The number of carbonyl (C=O) groups is 1. The van der Waals surface area contributed by atoms with Crippen LogP contribution in [-0.2, 0) is 28.4 Å². The molecule has 0 atom stereocenters. The van der Waals surface area contributed by atoms with Gasteiger partial charge in [0.05, 0.1) is 9.88 Å². The van der Waals surface area contributed by atoms with Gasteiger partial charge in [-0.05, 0) is 17.0 Å². The molecule has 0 saturated heterocycles. The second-order valence-electron chi connectivity index (χ2n) is 9.08. The van der Waals surface area contributed by atoms with E-state index < -0.39 is 16.1 Å². The molecule has 1 amide bonds. The van der Waals surface area contributed by atoms with Crippen molar-refractivity contribution in [3.05, 3.63) is 53.1 Å². The summed E-state index contributed by atoms with van der Waals surface area (Å²) in [6.45, 7) is 11.0. The maximum atomic E-state index is 12.6. The van der Waals surface area contributed by atoms with Crippen molar-refractivity contribution in [3.63, 3.8) is 0 Å². The largest absolute Gasteiger partial charge is 0.464 e. The molecular weight excluding hydrogens is 448 g/mol. The Hall–Kier alpha value is -2.72. The van der Waals surface area contributed by atoms with Gasteiger partial charge in [-0.3, -0.25) is 0 Å². The minimum absolute atomic E-state index is 0.0840. The van der Waals surface area contributed by atoms with Crippen molar-refractivity contribution in [1.29, 1.82) is 0 Å². The highest BCUT2D eigenvalue weighted by Gasteiger charge is 2.27. The Morgan fingerprint density at radius 1 is 1.22 bits per heavy atom. The summed E-state index contributed by atoms with van der Waals surface area (Å²) in [6.07, 6.45) is 2.70. The van der Waals surface area contributed by atoms with Crippen molar-refractivity contribution in [2.75, 3.05) is 0 Å². The first-order valence-electron chi connectivity index (χ1n) is 10.2. The van der Waals surface area contributed by atoms with Gasteiger partial charge in [0, 0.05) is 30.8 Å². The molecule has 0 bridgehead atoms. The zero-order chi connectivity index (χ0) is 23.7. The highest BCUT2D eigenvalue weighted by atomic mass is 32.2. The Morgan fingerprint density at radius 3 is 2.44 bits per heavy atom. The first kappa shape index (κ1) is 23.9. The van der Waals surface area contributed by atoms with Crippen LogP contribution in [0.2, 0.25) is 0 Å². The average Bonchev–Trinajstić information content (AvgIpc) is 3.28. The summed E-state index contributed by atoms with van der Waals surface area (Å²) in [4.78, 5) is 20.2. The standard InChI is InChI=1S/C22H28N4O4S2/c1-14(2)12-17-24-19(32(29,30)25-21(27)28)18(31-17)16-8-6-15(7-9-16)13-26-11-10-23-20(26)22(3,4)5/h6-11,14,25H,12-13H2,1-5H3,(H,27,28). The minimum Gasteiger partial charge on any atom is -0.464 e. The molecule has 172 valence electrons. The van der Waals surface area contributed by atoms with E-state index in [9.17, 15) is 13.2 Å². The lowest BCUT2D eigenvalue weighted by Crippen LogP contribution is -2.29. The Labute approximate surface area is 192 Å². The fourth-order valence-electron chi connectivity index (χ4n) is 3.35. The molecule has 10 heteroatoms. The van der Waals surface area contributed by atoms with Gasteiger partial charge in [0.1, 0.15) is 5.82 Å². The maximum absolute atomic E-state index is 12.6. The number of rotatable bonds is 7. The van der Waals surface area contributed by atoms with Crippen molar-refractivity contribution in [2.45, 2.75) is 58.0 Å². The quantitative estimate of drug-likeness (QED) is 0.519. The number of sulfonamides is 1. The molecule has 8 nitrogen and oxygen atoms in total. The molecule has 3 rings (SSSR count). The number of benzene rings is 1. The molecule has 0 aliphatic rings. The zero-order valence-corrected chi connectivity index (χ0v) is 20.4. The van der Waals surface area contributed by atoms with Gasteiger partial charge in [0.2, 0.25) is 0 Å². The highest BCUT2D eigenvalue weighted by Crippen LogP contribution is 2.34. The lowest BCUT2D eigenvalue weighted by atomic mass is 9.95. The fourth-order valence-corrected chi connectivity index (χ4v) is 5.96. The Bertz CT molecular complexity index is 1200. The second-order valence-corrected chi connectivity index (χ2v) is 11.8. The smallest absolute Gasteiger partial charge is 0.418 e. The van der Waals surface area contributed by atoms with Crippen LogP contribution in [-0.4, -0.2) is 34.2 Å². The highest BCUT2D eigenvalue weighted by molar-refractivity contribution is 7.90. The van der Waals surface area contributed by atoms with Crippen molar-refractivity contribution in [3.8, 4) is 10.4 Å². The molecule has 1 aromatic carbocycles. The van der Waals surface area contributed by atoms with E-state index in [1.807, 2.05) is 44.3 Å². The van der Waals surface area contributed by atoms with Crippen LogP contribution < -0.4 is 4.72 Å². The molecule has 0 radical (unpaired) electrons. The minimum atomic E-state index is -4.29.